The minimum atomic E-state index is -0.829. The van der Waals surface area contributed by atoms with E-state index in [0.717, 1.165) is 0 Å². The van der Waals surface area contributed by atoms with Crippen molar-refractivity contribution < 1.29 is 29.3 Å². The van der Waals surface area contributed by atoms with E-state index in [4.69, 9.17) is 9.47 Å². The molecule has 146 valence electrons. The second kappa shape index (κ2) is 8.14. The fourth-order valence-electron chi connectivity index (χ4n) is 3.26. The lowest BCUT2D eigenvalue weighted by Crippen LogP contribution is -2.32. The van der Waals surface area contributed by atoms with E-state index >= 15 is 0 Å². The number of ketones is 1. The number of likely N-dealkylation sites (tertiary alicyclic amines) is 1. The van der Waals surface area contributed by atoms with E-state index in [1.807, 2.05) is 0 Å². The Bertz CT molecular complexity index is 922. The first-order valence-corrected chi connectivity index (χ1v) is 8.69. The Kier molecular flexibility index (Phi) is 5.65. The van der Waals surface area contributed by atoms with Gasteiger partial charge in [0, 0.05) is 19.2 Å². The first-order valence-electron chi connectivity index (χ1n) is 8.69. The number of hydrogen-bond donors (Lipinski definition) is 2. The number of benzene rings is 2. The van der Waals surface area contributed by atoms with Gasteiger partial charge >= 0.3 is 0 Å². The Labute approximate surface area is 162 Å². The molecular weight excluding hydrogens is 362 g/mol. The zero-order valence-corrected chi connectivity index (χ0v) is 15.6. The van der Waals surface area contributed by atoms with Crippen molar-refractivity contribution in [1.82, 2.24) is 4.90 Å². The molecule has 3 rings (SSSR count). The van der Waals surface area contributed by atoms with Gasteiger partial charge in [0.1, 0.15) is 5.76 Å². The summed E-state index contributed by atoms with van der Waals surface area (Å²) in [6.45, 7) is 0.393. The molecule has 0 bridgehead atoms. The van der Waals surface area contributed by atoms with Crippen molar-refractivity contribution >= 4 is 17.4 Å². The lowest BCUT2D eigenvalue weighted by molar-refractivity contribution is -0.140. The molecule has 0 spiro atoms. The quantitative estimate of drug-likeness (QED) is 0.452. The third kappa shape index (κ3) is 3.44. The minimum absolute atomic E-state index is 0.0138. The molecular formula is C21H21NO6. The van der Waals surface area contributed by atoms with E-state index in [0.29, 0.717) is 11.1 Å². The summed E-state index contributed by atoms with van der Waals surface area (Å²) >= 11 is 0. The fraction of sp³-hybridized carbons (Fsp3) is 0.238. The number of phenolic OH excluding ortho intramolecular Hbond substituents is 1. The number of carbonyl (C=O) groups is 2. The Hall–Kier alpha value is -3.32. The van der Waals surface area contributed by atoms with Gasteiger partial charge in [-0.2, -0.15) is 0 Å². The van der Waals surface area contributed by atoms with E-state index < -0.39 is 17.7 Å². The number of aliphatic hydroxyl groups excluding tert-OH is 1. The number of aliphatic hydroxyl groups is 1. The summed E-state index contributed by atoms with van der Waals surface area (Å²) in [6, 6.07) is 12.3. The van der Waals surface area contributed by atoms with Gasteiger partial charge in [0.15, 0.2) is 11.5 Å². The lowest BCUT2D eigenvalue weighted by atomic mass is 9.95. The maximum Gasteiger partial charge on any atom is 0.295 e. The molecule has 2 N–H and O–H groups in total. The molecule has 7 nitrogen and oxygen atoms in total. The van der Waals surface area contributed by atoms with Crippen LogP contribution in [0, 0.1) is 0 Å². The summed E-state index contributed by atoms with van der Waals surface area (Å²) in [6.07, 6.45) is 0. The molecule has 7 heteroatoms. The van der Waals surface area contributed by atoms with Crippen molar-refractivity contribution in [3.05, 3.63) is 65.2 Å². The summed E-state index contributed by atoms with van der Waals surface area (Å²) in [5.74, 6) is -1.60. The van der Waals surface area contributed by atoms with Crippen LogP contribution in [0.5, 0.6) is 11.5 Å². The van der Waals surface area contributed by atoms with Gasteiger partial charge in [-0.15, -0.1) is 0 Å². The van der Waals surface area contributed by atoms with Crippen molar-refractivity contribution in [3.63, 3.8) is 0 Å². The van der Waals surface area contributed by atoms with E-state index in [1.165, 1.54) is 25.2 Å². The molecule has 2 aromatic carbocycles. The molecule has 1 heterocycles. The van der Waals surface area contributed by atoms with E-state index in [9.17, 15) is 19.8 Å². The average molecular weight is 383 g/mol. The van der Waals surface area contributed by atoms with Crippen LogP contribution >= 0.6 is 0 Å². The Balaban J connectivity index is 2.18. The number of rotatable bonds is 6. The number of carbonyl (C=O) groups excluding carboxylic acids is 2. The zero-order chi connectivity index (χ0) is 20.3. The monoisotopic (exact) mass is 383 g/mol. The maximum atomic E-state index is 12.8. The first-order chi connectivity index (χ1) is 13.5. The molecule has 0 aliphatic carbocycles. The van der Waals surface area contributed by atoms with Crippen LogP contribution in [0.3, 0.4) is 0 Å². The number of phenols is 1. The van der Waals surface area contributed by atoms with Crippen LogP contribution in [-0.2, 0) is 14.3 Å². The van der Waals surface area contributed by atoms with Gasteiger partial charge in [0.05, 0.1) is 25.3 Å². The number of nitrogens with zero attached hydrogens (tertiary/aromatic N) is 1. The highest BCUT2D eigenvalue weighted by Gasteiger charge is 2.46. The first kappa shape index (κ1) is 19.4. The SMILES string of the molecule is COCCN1C(=O)C(=O)/C(=C(/O)c2ccccc2)C1c1ccc(O)c(OC)c1. The van der Waals surface area contributed by atoms with Crippen LogP contribution in [-0.4, -0.2) is 54.2 Å². The maximum absolute atomic E-state index is 12.8. The number of Topliss-reactive ketones (excluding diaryl/α,β-unsaturated/α-hetero) is 1. The van der Waals surface area contributed by atoms with Crippen LogP contribution in [0.1, 0.15) is 17.2 Å². The molecule has 1 unspecified atom stereocenters. The molecule has 1 amide bonds. The van der Waals surface area contributed by atoms with Crippen molar-refractivity contribution in [3.8, 4) is 11.5 Å². The molecule has 0 saturated carbocycles. The van der Waals surface area contributed by atoms with Crippen LogP contribution in [0.4, 0.5) is 0 Å². The number of methoxy groups -OCH3 is 2. The number of aromatic hydroxyl groups is 1. The summed E-state index contributed by atoms with van der Waals surface area (Å²) in [5.41, 5.74) is 0.950. The Morgan fingerprint density at radius 2 is 1.82 bits per heavy atom. The summed E-state index contributed by atoms with van der Waals surface area (Å²) in [4.78, 5) is 26.8. The lowest BCUT2D eigenvalue weighted by Gasteiger charge is -2.25. The normalized spacial score (nSPS) is 18.5. The third-order valence-electron chi connectivity index (χ3n) is 4.64. The predicted molar refractivity (Wildman–Crippen MR) is 102 cm³/mol. The van der Waals surface area contributed by atoms with Crippen molar-refractivity contribution in [2.24, 2.45) is 0 Å². The molecule has 0 aromatic heterocycles. The van der Waals surface area contributed by atoms with Gasteiger partial charge in [-0.3, -0.25) is 9.59 Å². The summed E-state index contributed by atoms with van der Waals surface area (Å²) < 4.78 is 10.2. The Morgan fingerprint density at radius 3 is 2.46 bits per heavy atom. The second-order valence-electron chi connectivity index (χ2n) is 6.28. The van der Waals surface area contributed by atoms with Crippen molar-refractivity contribution in [2.45, 2.75) is 6.04 Å². The van der Waals surface area contributed by atoms with Crippen LogP contribution in [0.25, 0.3) is 5.76 Å². The summed E-state index contributed by atoms with van der Waals surface area (Å²) in [7, 11) is 2.91. The smallest absolute Gasteiger partial charge is 0.295 e. The molecule has 0 radical (unpaired) electrons. The van der Waals surface area contributed by atoms with Gasteiger partial charge < -0.3 is 24.6 Å². The molecule has 1 fully saturated rings. The molecule has 1 aliphatic heterocycles. The molecule has 28 heavy (non-hydrogen) atoms. The average Bonchev–Trinajstić information content (AvgIpc) is 2.97. The topological polar surface area (TPSA) is 96.3 Å². The van der Waals surface area contributed by atoms with E-state index in [2.05, 4.69) is 0 Å². The van der Waals surface area contributed by atoms with Crippen molar-refractivity contribution in [2.75, 3.05) is 27.4 Å². The van der Waals surface area contributed by atoms with Crippen LogP contribution in [0.15, 0.2) is 54.1 Å². The largest absolute Gasteiger partial charge is 0.507 e. The molecule has 2 aromatic rings. The van der Waals surface area contributed by atoms with Crippen LogP contribution in [0.2, 0.25) is 0 Å². The van der Waals surface area contributed by atoms with Gasteiger partial charge in [0.25, 0.3) is 11.7 Å². The predicted octanol–water partition coefficient (Wildman–Crippen LogP) is 2.47. The number of hydrogen-bond acceptors (Lipinski definition) is 6. The van der Waals surface area contributed by atoms with Gasteiger partial charge in [0.2, 0.25) is 0 Å². The highest BCUT2D eigenvalue weighted by atomic mass is 16.5. The van der Waals surface area contributed by atoms with Crippen molar-refractivity contribution in [1.29, 1.82) is 0 Å². The van der Waals surface area contributed by atoms with E-state index in [-0.39, 0.29) is 36.0 Å². The second-order valence-corrected chi connectivity index (χ2v) is 6.28. The van der Waals surface area contributed by atoms with Gasteiger partial charge in [-0.1, -0.05) is 36.4 Å². The molecule has 1 atom stereocenters. The fourth-order valence-corrected chi connectivity index (χ4v) is 3.26. The van der Waals surface area contributed by atoms with Gasteiger partial charge in [-0.25, -0.2) is 0 Å². The molecule has 1 aliphatic rings. The standard InChI is InChI=1S/C21H21NO6/c1-27-11-10-22-18(14-8-9-15(23)16(12-14)28-2)17(20(25)21(22)26)19(24)13-6-4-3-5-7-13/h3-9,12,18,23-24H,10-11H2,1-2H3/b19-17+. The minimum Gasteiger partial charge on any atom is -0.507 e. The highest BCUT2D eigenvalue weighted by Crippen LogP contribution is 2.41. The number of amides is 1. The summed E-state index contributed by atoms with van der Waals surface area (Å²) in [5, 5.41) is 20.7. The molecule has 1 saturated heterocycles. The highest BCUT2D eigenvalue weighted by molar-refractivity contribution is 6.46. The third-order valence-corrected chi connectivity index (χ3v) is 4.64. The van der Waals surface area contributed by atoms with Crippen LogP contribution < -0.4 is 4.74 Å². The van der Waals surface area contributed by atoms with Gasteiger partial charge in [-0.05, 0) is 17.7 Å². The van der Waals surface area contributed by atoms with E-state index in [1.54, 1.807) is 42.5 Å². The number of ether oxygens (including phenoxy) is 2. The zero-order valence-electron chi connectivity index (χ0n) is 15.6. The Morgan fingerprint density at radius 1 is 1.11 bits per heavy atom.